The average molecular weight is 586 g/mol. The third kappa shape index (κ3) is 6.49. The fourth-order valence-electron chi connectivity index (χ4n) is 4.80. The molecule has 4 aromatic carbocycles. The van der Waals surface area contributed by atoms with Gasteiger partial charge in [-0.2, -0.15) is 20.1 Å². The zero-order valence-corrected chi connectivity index (χ0v) is 23.6. The van der Waals surface area contributed by atoms with E-state index in [1.54, 1.807) is 12.1 Å². The smallest absolute Gasteiger partial charge is 0.269 e. The number of aromatic nitrogens is 3. The first-order valence-electron chi connectivity index (χ1n) is 13.8. The number of nitro benzene ring substituents is 1. The summed E-state index contributed by atoms with van der Waals surface area (Å²) in [5, 5.41) is 26.9. The zero-order valence-electron chi connectivity index (χ0n) is 23.6. The van der Waals surface area contributed by atoms with E-state index in [0.717, 1.165) is 22.6 Å². The maximum Gasteiger partial charge on any atom is 0.269 e. The molecule has 0 saturated carbocycles. The van der Waals surface area contributed by atoms with Gasteiger partial charge in [0.25, 0.3) is 5.69 Å². The number of carbonyl (C=O) groups excluding carboxylic acids is 1. The molecule has 0 fully saturated rings. The highest BCUT2D eigenvalue weighted by Crippen LogP contribution is 2.34. The summed E-state index contributed by atoms with van der Waals surface area (Å²) in [4.78, 5) is 36.9. The van der Waals surface area contributed by atoms with Gasteiger partial charge in [-0.15, -0.1) is 0 Å². The van der Waals surface area contributed by atoms with E-state index in [1.165, 1.54) is 24.1 Å². The number of amides is 1. The van der Waals surface area contributed by atoms with Crippen LogP contribution < -0.4 is 16.0 Å². The number of carbonyl (C=O) groups is 1. The number of hydrogen-bond donors (Lipinski definition) is 3. The van der Waals surface area contributed by atoms with Crippen LogP contribution >= 0.6 is 0 Å². The zero-order chi connectivity index (χ0) is 30.5. The number of nitrogens with one attached hydrogen (secondary N) is 3. The van der Waals surface area contributed by atoms with Crippen LogP contribution in [0.15, 0.2) is 114 Å². The molecule has 44 heavy (non-hydrogen) atoms. The Morgan fingerprint density at radius 3 is 1.77 bits per heavy atom. The van der Waals surface area contributed by atoms with Crippen LogP contribution in [-0.4, -0.2) is 36.5 Å². The quantitative estimate of drug-likeness (QED) is 0.127. The van der Waals surface area contributed by atoms with E-state index >= 15 is 0 Å². The van der Waals surface area contributed by atoms with Crippen molar-refractivity contribution in [3.8, 4) is 0 Å². The minimum absolute atomic E-state index is 0.0301. The van der Waals surface area contributed by atoms with E-state index in [-0.39, 0.29) is 11.6 Å². The van der Waals surface area contributed by atoms with Crippen LogP contribution in [0.5, 0.6) is 0 Å². The first-order chi connectivity index (χ1) is 21.4. The summed E-state index contributed by atoms with van der Waals surface area (Å²) in [6.07, 6.45) is 0.421. The molecule has 1 unspecified atom stereocenters. The normalized spacial score (nSPS) is 14.1. The number of nitro groups is 1. The fraction of sp³-hybridized carbons (Fsp3) is 0.0938. The van der Waals surface area contributed by atoms with Crippen molar-refractivity contribution in [1.29, 1.82) is 0 Å². The summed E-state index contributed by atoms with van der Waals surface area (Å²) >= 11 is 0. The lowest BCUT2D eigenvalue weighted by molar-refractivity contribution is -0.385. The van der Waals surface area contributed by atoms with E-state index in [1.807, 2.05) is 84.9 Å². The average Bonchev–Trinajstić information content (AvgIpc) is 3.49. The molecule has 218 valence electrons. The van der Waals surface area contributed by atoms with E-state index in [9.17, 15) is 14.9 Å². The van der Waals surface area contributed by atoms with Crippen LogP contribution in [0.1, 0.15) is 30.5 Å². The van der Waals surface area contributed by atoms with E-state index in [2.05, 4.69) is 36.0 Å². The Kier molecular flexibility index (Phi) is 7.86. The Hall–Kier alpha value is -6.17. The fourth-order valence-corrected chi connectivity index (χ4v) is 4.80. The second kappa shape index (κ2) is 12.4. The molecule has 1 aliphatic heterocycles. The minimum Gasteiger partial charge on any atom is -0.324 e. The van der Waals surface area contributed by atoms with Crippen molar-refractivity contribution < 1.29 is 9.72 Å². The van der Waals surface area contributed by atoms with Gasteiger partial charge in [-0.25, -0.2) is 5.01 Å². The van der Waals surface area contributed by atoms with Gasteiger partial charge < -0.3 is 16.0 Å². The highest BCUT2D eigenvalue weighted by atomic mass is 16.6. The maximum atomic E-state index is 12.4. The predicted octanol–water partition coefficient (Wildman–Crippen LogP) is 6.71. The number of anilines is 6. The van der Waals surface area contributed by atoms with Crippen molar-refractivity contribution in [2.75, 3.05) is 16.0 Å². The summed E-state index contributed by atoms with van der Waals surface area (Å²) in [5.74, 6) is 0.807. The van der Waals surface area contributed by atoms with E-state index < -0.39 is 11.0 Å². The Labute approximate surface area is 252 Å². The first kappa shape index (κ1) is 28.0. The molecule has 0 aliphatic carbocycles. The molecular weight excluding hydrogens is 558 g/mol. The molecule has 0 bridgehead atoms. The van der Waals surface area contributed by atoms with Crippen molar-refractivity contribution in [3.05, 3.63) is 130 Å². The lowest BCUT2D eigenvalue weighted by Crippen LogP contribution is -2.24. The van der Waals surface area contributed by atoms with Gasteiger partial charge >= 0.3 is 0 Å². The van der Waals surface area contributed by atoms with Gasteiger partial charge in [-0.3, -0.25) is 14.9 Å². The molecule has 1 aliphatic rings. The highest BCUT2D eigenvalue weighted by Gasteiger charge is 2.32. The van der Waals surface area contributed by atoms with Gasteiger partial charge in [-0.05, 0) is 47.5 Å². The third-order valence-corrected chi connectivity index (χ3v) is 6.87. The molecule has 3 N–H and O–H groups in total. The van der Waals surface area contributed by atoms with Gasteiger partial charge in [0.2, 0.25) is 23.8 Å². The highest BCUT2D eigenvalue weighted by molar-refractivity contribution is 6.03. The number of nitrogens with zero attached hydrogens (tertiary/aromatic N) is 6. The van der Waals surface area contributed by atoms with Crippen LogP contribution in [0, 0.1) is 10.1 Å². The first-order valence-corrected chi connectivity index (χ1v) is 13.8. The van der Waals surface area contributed by atoms with Crippen LogP contribution in [0.2, 0.25) is 0 Å². The molecule has 0 radical (unpaired) electrons. The monoisotopic (exact) mass is 585 g/mol. The van der Waals surface area contributed by atoms with Crippen molar-refractivity contribution >= 4 is 52.2 Å². The van der Waals surface area contributed by atoms with Crippen LogP contribution in [0.4, 0.5) is 40.6 Å². The number of rotatable bonds is 9. The number of non-ortho nitro benzene ring substituents is 1. The molecule has 0 saturated heterocycles. The SMILES string of the molecule is CC(=O)N1N=C(c2ccc(Nc3nc(Nc4ccccc4)nc(Nc4ccccc4)n3)cc2)CC1c1cccc([N+](=O)[O-])c1. The van der Waals surface area contributed by atoms with Crippen molar-refractivity contribution in [3.63, 3.8) is 0 Å². The topological polar surface area (TPSA) is 151 Å². The second-order valence-electron chi connectivity index (χ2n) is 9.97. The summed E-state index contributed by atoms with van der Waals surface area (Å²) < 4.78 is 0. The van der Waals surface area contributed by atoms with Gasteiger partial charge in [0.15, 0.2) is 0 Å². The molecule has 12 heteroatoms. The number of hydrazone groups is 1. The van der Waals surface area contributed by atoms with Crippen molar-refractivity contribution in [1.82, 2.24) is 20.0 Å². The Balaban J connectivity index is 1.22. The van der Waals surface area contributed by atoms with Crippen molar-refractivity contribution in [2.24, 2.45) is 5.10 Å². The summed E-state index contributed by atoms with van der Waals surface area (Å²) in [6.45, 7) is 1.43. The second-order valence-corrected chi connectivity index (χ2v) is 9.97. The lowest BCUT2D eigenvalue weighted by Gasteiger charge is -2.20. The van der Waals surface area contributed by atoms with E-state index in [4.69, 9.17) is 0 Å². The Morgan fingerprint density at radius 1 is 0.750 bits per heavy atom. The lowest BCUT2D eigenvalue weighted by atomic mass is 9.98. The van der Waals surface area contributed by atoms with E-state index in [0.29, 0.717) is 35.5 Å². The molecule has 1 aromatic heterocycles. The van der Waals surface area contributed by atoms with Gasteiger partial charge in [0.1, 0.15) is 0 Å². The molecule has 0 spiro atoms. The summed E-state index contributed by atoms with van der Waals surface area (Å²) in [7, 11) is 0. The molecule has 6 rings (SSSR count). The number of hydrogen-bond acceptors (Lipinski definition) is 10. The van der Waals surface area contributed by atoms with Gasteiger partial charge in [-0.1, -0.05) is 60.7 Å². The van der Waals surface area contributed by atoms with Gasteiger partial charge in [0.05, 0.1) is 16.7 Å². The molecule has 5 aromatic rings. The molecular formula is C32H27N9O3. The largest absolute Gasteiger partial charge is 0.324 e. The molecule has 1 atom stereocenters. The van der Waals surface area contributed by atoms with Crippen LogP contribution in [0.25, 0.3) is 0 Å². The minimum atomic E-state index is -0.446. The van der Waals surface area contributed by atoms with Crippen LogP contribution in [0.3, 0.4) is 0 Å². The Bertz CT molecular complexity index is 1770. The molecule has 1 amide bonds. The summed E-state index contributed by atoms with van der Waals surface area (Å²) in [5.41, 5.74) is 4.54. The summed E-state index contributed by atoms with van der Waals surface area (Å²) in [6, 6.07) is 32.6. The number of benzene rings is 4. The third-order valence-electron chi connectivity index (χ3n) is 6.87. The molecule has 12 nitrogen and oxygen atoms in total. The predicted molar refractivity (Wildman–Crippen MR) is 169 cm³/mol. The van der Waals surface area contributed by atoms with Crippen molar-refractivity contribution in [2.45, 2.75) is 19.4 Å². The Morgan fingerprint density at radius 2 is 1.27 bits per heavy atom. The molecule has 2 heterocycles. The van der Waals surface area contributed by atoms with Gasteiger partial charge in [0, 0.05) is 42.5 Å². The maximum absolute atomic E-state index is 12.4. The van der Waals surface area contributed by atoms with Crippen LogP contribution in [-0.2, 0) is 4.79 Å². The number of para-hydroxylation sites is 2. The standard InChI is InChI=1S/C32H27N9O3/c1-21(42)40-29(23-9-8-14-27(19-23)41(43)44)20-28(39-40)22-15-17-26(18-16-22)35-32-37-30(33-24-10-4-2-5-11-24)36-31(38-32)34-25-12-6-3-7-13-25/h2-19,29H,20H2,1H3,(H3,33,34,35,36,37,38).